The highest BCUT2D eigenvalue weighted by Gasteiger charge is 2.22. The van der Waals surface area contributed by atoms with Gasteiger partial charge in [0.2, 0.25) is 0 Å². The van der Waals surface area contributed by atoms with E-state index in [-0.39, 0.29) is 11.8 Å². The molecule has 2 aromatic rings. The summed E-state index contributed by atoms with van der Waals surface area (Å²) >= 11 is 0. The molecule has 38 heavy (non-hydrogen) atoms. The molecule has 2 fully saturated rings. The van der Waals surface area contributed by atoms with Crippen molar-refractivity contribution in [2.24, 2.45) is 5.92 Å². The third kappa shape index (κ3) is 8.05. The van der Waals surface area contributed by atoms with Crippen LogP contribution in [0.2, 0.25) is 0 Å². The van der Waals surface area contributed by atoms with Gasteiger partial charge in [-0.2, -0.15) is 0 Å². The molecule has 4 rings (SSSR count). The minimum absolute atomic E-state index is 0.0978. The van der Waals surface area contributed by atoms with E-state index >= 15 is 0 Å². The molecule has 0 atom stereocenters. The van der Waals surface area contributed by atoms with Crippen LogP contribution >= 0.6 is 0 Å². The van der Waals surface area contributed by atoms with E-state index < -0.39 is 0 Å². The molecule has 0 saturated carbocycles. The standard InChI is InChI=1S/C31H44N4O3/c1-3-4-5-6-25-7-9-26(10-8-25)30(36)33-27-11-12-29(35-16-13-24(2)14-17-35)28(23-27)31(37)32-15-18-34-19-21-38-22-20-34/h7-12,23-24H,3-6,13-22H2,1-2H3,(H,32,37)(H,33,36). The zero-order valence-corrected chi connectivity index (χ0v) is 23.1. The molecule has 2 saturated heterocycles. The molecular formula is C31H44N4O3. The summed E-state index contributed by atoms with van der Waals surface area (Å²) in [6.07, 6.45) is 6.86. The van der Waals surface area contributed by atoms with Crippen molar-refractivity contribution in [2.75, 3.05) is 62.7 Å². The minimum atomic E-state index is -0.164. The second-order valence-electron chi connectivity index (χ2n) is 10.7. The number of piperidine rings is 1. The normalized spacial score (nSPS) is 16.8. The molecule has 0 aliphatic carbocycles. The Morgan fingerprint density at radius 2 is 1.68 bits per heavy atom. The number of amides is 2. The van der Waals surface area contributed by atoms with Gasteiger partial charge >= 0.3 is 0 Å². The van der Waals surface area contributed by atoms with Crippen LogP contribution in [0.5, 0.6) is 0 Å². The Bertz CT molecular complexity index is 1040. The monoisotopic (exact) mass is 520 g/mol. The van der Waals surface area contributed by atoms with Crippen LogP contribution in [0.15, 0.2) is 42.5 Å². The van der Waals surface area contributed by atoms with Crippen molar-refractivity contribution in [2.45, 2.75) is 52.4 Å². The van der Waals surface area contributed by atoms with Crippen LogP contribution in [0.1, 0.15) is 72.2 Å². The fourth-order valence-electron chi connectivity index (χ4n) is 5.17. The van der Waals surface area contributed by atoms with Gasteiger partial charge < -0.3 is 20.3 Å². The van der Waals surface area contributed by atoms with Crippen molar-refractivity contribution in [1.29, 1.82) is 0 Å². The molecule has 206 valence electrons. The van der Waals surface area contributed by atoms with Gasteiger partial charge in [-0.15, -0.1) is 0 Å². The number of nitrogens with one attached hydrogen (secondary N) is 2. The summed E-state index contributed by atoms with van der Waals surface area (Å²) in [4.78, 5) is 31.0. The largest absolute Gasteiger partial charge is 0.379 e. The fourth-order valence-corrected chi connectivity index (χ4v) is 5.17. The van der Waals surface area contributed by atoms with Gasteiger partial charge in [0.25, 0.3) is 11.8 Å². The maximum absolute atomic E-state index is 13.4. The van der Waals surface area contributed by atoms with Crippen molar-refractivity contribution >= 4 is 23.2 Å². The Hall–Kier alpha value is -2.90. The summed E-state index contributed by atoms with van der Waals surface area (Å²) in [6, 6.07) is 13.6. The molecule has 7 heteroatoms. The van der Waals surface area contributed by atoms with Crippen molar-refractivity contribution in [3.63, 3.8) is 0 Å². The third-order valence-electron chi connectivity index (χ3n) is 7.73. The molecule has 0 radical (unpaired) electrons. The van der Waals surface area contributed by atoms with Gasteiger partial charge in [-0.3, -0.25) is 14.5 Å². The summed E-state index contributed by atoms with van der Waals surface area (Å²) < 4.78 is 5.42. The van der Waals surface area contributed by atoms with Crippen molar-refractivity contribution in [1.82, 2.24) is 10.2 Å². The van der Waals surface area contributed by atoms with Crippen LogP contribution in [0.4, 0.5) is 11.4 Å². The highest BCUT2D eigenvalue weighted by atomic mass is 16.5. The minimum Gasteiger partial charge on any atom is -0.379 e. The number of benzene rings is 2. The number of nitrogens with zero attached hydrogens (tertiary/aromatic N) is 2. The highest BCUT2D eigenvalue weighted by molar-refractivity contribution is 6.06. The lowest BCUT2D eigenvalue weighted by Crippen LogP contribution is -2.41. The van der Waals surface area contributed by atoms with E-state index in [0.717, 1.165) is 70.9 Å². The smallest absolute Gasteiger partial charge is 0.255 e. The van der Waals surface area contributed by atoms with Crippen molar-refractivity contribution in [3.05, 3.63) is 59.2 Å². The van der Waals surface area contributed by atoms with Crippen LogP contribution < -0.4 is 15.5 Å². The first-order valence-electron chi connectivity index (χ1n) is 14.4. The van der Waals surface area contributed by atoms with Gasteiger partial charge in [-0.05, 0) is 67.5 Å². The first-order valence-corrected chi connectivity index (χ1v) is 14.4. The van der Waals surface area contributed by atoms with Gasteiger partial charge in [0.1, 0.15) is 0 Å². The second-order valence-corrected chi connectivity index (χ2v) is 10.7. The Morgan fingerprint density at radius 1 is 0.947 bits per heavy atom. The van der Waals surface area contributed by atoms with Crippen LogP contribution in [-0.2, 0) is 11.2 Å². The van der Waals surface area contributed by atoms with E-state index in [9.17, 15) is 9.59 Å². The Morgan fingerprint density at radius 3 is 2.39 bits per heavy atom. The summed E-state index contributed by atoms with van der Waals surface area (Å²) in [5.41, 5.74) is 4.07. The van der Waals surface area contributed by atoms with Gasteiger partial charge in [0, 0.05) is 56.2 Å². The molecule has 0 bridgehead atoms. The molecular weight excluding hydrogens is 476 g/mol. The number of unbranched alkanes of at least 4 members (excludes halogenated alkanes) is 2. The maximum atomic E-state index is 13.4. The van der Waals surface area contributed by atoms with Gasteiger partial charge in [-0.25, -0.2) is 0 Å². The average molecular weight is 521 g/mol. The number of anilines is 2. The SMILES string of the molecule is CCCCCc1ccc(C(=O)Nc2ccc(N3CCC(C)CC3)c(C(=O)NCCN3CCOCC3)c2)cc1. The van der Waals surface area contributed by atoms with Gasteiger partial charge in [0.15, 0.2) is 0 Å². The summed E-state index contributed by atoms with van der Waals surface area (Å²) in [6.45, 7) is 11.0. The molecule has 2 N–H and O–H groups in total. The molecule has 0 spiro atoms. The van der Waals surface area contributed by atoms with E-state index in [1.54, 1.807) is 0 Å². The quantitative estimate of drug-likeness (QED) is 0.409. The molecule has 2 aliphatic heterocycles. The van der Waals surface area contributed by atoms with Crippen LogP contribution in [0.25, 0.3) is 0 Å². The zero-order chi connectivity index (χ0) is 26.7. The van der Waals surface area contributed by atoms with E-state index in [2.05, 4.69) is 34.3 Å². The second kappa shape index (κ2) is 14.3. The first-order chi connectivity index (χ1) is 18.5. The van der Waals surface area contributed by atoms with Gasteiger partial charge in [0.05, 0.1) is 18.8 Å². The van der Waals surface area contributed by atoms with E-state index in [1.807, 2.05) is 42.5 Å². The fraction of sp³-hybridized carbons (Fsp3) is 0.548. The van der Waals surface area contributed by atoms with Crippen molar-refractivity contribution in [3.8, 4) is 0 Å². The lowest BCUT2D eigenvalue weighted by molar-refractivity contribution is 0.0383. The molecule has 0 unspecified atom stereocenters. The Kier molecular flexibility index (Phi) is 10.6. The lowest BCUT2D eigenvalue weighted by atomic mass is 9.97. The summed E-state index contributed by atoms with van der Waals surface area (Å²) in [5, 5.41) is 6.12. The number of hydrogen-bond donors (Lipinski definition) is 2. The predicted molar refractivity (Wildman–Crippen MR) is 154 cm³/mol. The van der Waals surface area contributed by atoms with E-state index in [1.165, 1.54) is 24.8 Å². The number of morpholine rings is 1. The molecule has 2 aromatic carbocycles. The number of aryl methyl sites for hydroxylation is 1. The third-order valence-corrected chi connectivity index (χ3v) is 7.73. The summed E-state index contributed by atoms with van der Waals surface area (Å²) in [5.74, 6) is 0.441. The number of rotatable bonds is 11. The predicted octanol–water partition coefficient (Wildman–Crippen LogP) is 4.97. The average Bonchev–Trinajstić information content (AvgIpc) is 2.94. The van der Waals surface area contributed by atoms with Crippen LogP contribution in [0, 0.1) is 5.92 Å². The number of hydrogen-bond acceptors (Lipinski definition) is 5. The Labute approximate surface area is 227 Å². The molecule has 0 aromatic heterocycles. The maximum Gasteiger partial charge on any atom is 0.255 e. The lowest BCUT2D eigenvalue weighted by Gasteiger charge is -2.33. The first kappa shape index (κ1) is 28.1. The molecule has 7 nitrogen and oxygen atoms in total. The molecule has 2 aliphatic rings. The topological polar surface area (TPSA) is 73.9 Å². The summed E-state index contributed by atoms with van der Waals surface area (Å²) in [7, 11) is 0. The number of carbonyl (C=O) groups excluding carboxylic acids is 2. The molecule has 2 heterocycles. The van der Waals surface area contributed by atoms with E-state index in [4.69, 9.17) is 4.74 Å². The van der Waals surface area contributed by atoms with Crippen molar-refractivity contribution < 1.29 is 14.3 Å². The number of ether oxygens (including phenoxy) is 1. The Balaban J connectivity index is 1.44. The van der Waals surface area contributed by atoms with E-state index in [0.29, 0.717) is 29.3 Å². The van der Waals surface area contributed by atoms with Crippen LogP contribution in [-0.4, -0.2) is 69.2 Å². The van der Waals surface area contributed by atoms with Gasteiger partial charge in [-0.1, -0.05) is 38.8 Å². The zero-order valence-electron chi connectivity index (χ0n) is 23.1. The van der Waals surface area contributed by atoms with Crippen LogP contribution in [0.3, 0.4) is 0 Å². The number of carbonyl (C=O) groups is 2. The highest BCUT2D eigenvalue weighted by Crippen LogP contribution is 2.29. The molecule has 2 amide bonds.